The third-order valence-corrected chi connectivity index (χ3v) is 7.28. The monoisotopic (exact) mass is 562 g/mol. The highest BCUT2D eigenvalue weighted by Crippen LogP contribution is 2.46. The van der Waals surface area contributed by atoms with Crippen LogP contribution in [0.15, 0.2) is 77.7 Å². The van der Waals surface area contributed by atoms with E-state index in [1.54, 1.807) is 23.8 Å². The lowest BCUT2D eigenvalue weighted by molar-refractivity contribution is -1.92. The summed E-state index contributed by atoms with van der Waals surface area (Å²) in [7, 11) is -1.02. The average molecular weight is 563 g/mol. The number of hydrogen-bond acceptors (Lipinski definition) is 9. The van der Waals surface area contributed by atoms with Crippen molar-refractivity contribution in [2.75, 3.05) is 32.1 Å². The summed E-state index contributed by atoms with van der Waals surface area (Å²) < 4.78 is 38.0. The van der Waals surface area contributed by atoms with E-state index in [9.17, 15) is 9.90 Å². The van der Waals surface area contributed by atoms with Crippen LogP contribution in [0.4, 0.5) is 5.69 Å². The van der Waals surface area contributed by atoms with Gasteiger partial charge in [-0.15, -0.1) is 11.8 Å². The minimum atomic E-state index is -4.69. The Kier molecular flexibility index (Phi) is 10.5. The lowest BCUT2D eigenvalue weighted by Gasteiger charge is -2.27. The summed E-state index contributed by atoms with van der Waals surface area (Å²) in [6.07, 6.45) is -1.14. The van der Waals surface area contributed by atoms with E-state index in [1.165, 1.54) is 5.56 Å². The molecule has 1 heterocycles. The standard InChI is InChI=1S/C27H30N2O3S.ClHO4/c1-19-9-14-23-24(17-19)33-26(21-10-12-22(32-3)13-11-21)25(30)27(31)29(23)16-15-28(2)18-20-7-5-4-6-8-20;2-1(3,4)5/h4-14,17,25-26,30H,15-16,18H2,1-3H3;(H,2,3,4,5)/t25-,26+;/m1./s1. The van der Waals surface area contributed by atoms with Crippen molar-refractivity contribution in [3.05, 3.63) is 89.5 Å². The van der Waals surface area contributed by atoms with Crippen molar-refractivity contribution in [1.82, 2.24) is 4.90 Å². The van der Waals surface area contributed by atoms with Gasteiger partial charge in [-0.1, -0.05) is 48.5 Å². The van der Waals surface area contributed by atoms with Gasteiger partial charge in [0, 0.05) is 24.5 Å². The van der Waals surface area contributed by atoms with Gasteiger partial charge in [0.2, 0.25) is 0 Å². The number of carbonyl (C=O) groups is 1. The number of hydrogen-bond donors (Lipinski definition) is 2. The van der Waals surface area contributed by atoms with E-state index in [2.05, 4.69) is 30.1 Å². The highest BCUT2D eigenvalue weighted by Gasteiger charge is 2.37. The largest absolute Gasteiger partial charge is 0.497 e. The van der Waals surface area contributed by atoms with Crippen molar-refractivity contribution in [1.29, 1.82) is 0 Å². The van der Waals surface area contributed by atoms with Gasteiger partial charge in [-0.25, -0.2) is 0 Å². The summed E-state index contributed by atoms with van der Waals surface area (Å²) in [5, 5.41) is 10.8. The number of methoxy groups -OCH3 is 1. The van der Waals surface area contributed by atoms with Crippen LogP contribution in [0.2, 0.25) is 0 Å². The molecule has 2 N–H and O–H groups in total. The predicted octanol–water partition coefficient (Wildman–Crippen LogP) is 0.553. The number of likely N-dealkylation sites (N-methyl/N-ethyl adjacent to an activating group) is 1. The van der Waals surface area contributed by atoms with Crippen molar-refractivity contribution in [3.8, 4) is 5.75 Å². The van der Waals surface area contributed by atoms with E-state index >= 15 is 0 Å². The van der Waals surface area contributed by atoms with Crippen LogP contribution in [0.1, 0.15) is 21.9 Å². The Morgan fingerprint density at radius 1 is 1.05 bits per heavy atom. The molecular formula is C27H31ClN2O7S. The number of aliphatic hydroxyl groups is 1. The Morgan fingerprint density at radius 2 is 1.68 bits per heavy atom. The van der Waals surface area contributed by atoms with Crippen LogP contribution < -0.4 is 23.6 Å². The molecular weight excluding hydrogens is 532 g/mol. The number of rotatable bonds is 7. The van der Waals surface area contributed by atoms with E-state index in [-0.39, 0.29) is 5.91 Å². The lowest BCUT2D eigenvalue weighted by atomic mass is 10.1. The zero-order valence-corrected chi connectivity index (χ0v) is 22.9. The summed E-state index contributed by atoms with van der Waals surface area (Å²) >= 11 is 1.54. The molecule has 3 aromatic carbocycles. The van der Waals surface area contributed by atoms with E-state index in [0.29, 0.717) is 13.1 Å². The molecule has 1 aliphatic heterocycles. The number of fused-ring (bicyclic) bond motifs is 1. The SMILES string of the molecule is COc1ccc([C@@H]2Sc3cc(C)ccc3N(CCN(C)Cc3ccccc3)C(=O)[C@@H]2O)cc1.[O-][Cl+3]([O-])([O-])O. The maximum absolute atomic E-state index is 13.5. The Hall–Kier alpha value is -2.67. The molecule has 0 radical (unpaired) electrons. The Balaban J connectivity index is 0.000000732. The molecule has 2 atom stereocenters. The van der Waals surface area contributed by atoms with Gasteiger partial charge in [0.1, 0.15) is 11.9 Å². The minimum absolute atomic E-state index is 0.265. The van der Waals surface area contributed by atoms with Gasteiger partial charge in [0.25, 0.3) is 5.91 Å². The van der Waals surface area contributed by atoms with Crippen LogP contribution in [0, 0.1) is 17.2 Å². The van der Waals surface area contributed by atoms with Gasteiger partial charge in [-0.3, -0.25) is 4.79 Å². The zero-order valence-electron chi connectivity index (χ0n) is 21.3. The molecule has 4 rings (SSSR count). The van der Waals surface area contributed by atoms with Crippen LogP contribution in [0.25, 0.3) is 0 Å². The lowest BCUT2D eigenvalue weighted by Crippen LogP contribution is -2.58. The van der Waals surface area contributed by atoms with Crippen LogP contribution >= 0.6 is 11.8 Å². The molecule has 0 saturated heterocycles. The maximum Gasteiger partial charge on any atom is 0.257 e. The van der Waals surface area contributed by atoms with Gasteiger partial charge < -0.3 is 19.6 Å². The fourth-order valence-corrected chi connectivity index (χ4v) is 5.43. The van der Waals surface area contributed by atoms with E-state index in [4.69, 9.17) is 23.4 Å². The van der Waals surface area contributed by atoms with Gasteiger partial charge in [0.05, 0.1) is 32.9 Å². The molecule has 38 heavy (non-hydrogen) atoms. The van der Waals surface area contributed by atoms with Crippen LogP contribution in [0.3, 0.4) is 0 Å². The first-order valence-electron chi connectivity index (χ1n) is 11.7. The van der Waals surface area contributed by atoms with Crippen molar-refractivity contribution in [2.24, 2.45) is 0 Å². The molecule has 11 heteroatoms. The number of ether oxygens (including phenoxy) is 1. The van der Waals surface area contributed by atoms with E-state index in [1.807, 2.05) is 61.5 Å². The number of anilines is 1. The summed E-state index contributed by atoms with van der Waals surface area (Å²) in [5.41, 5.74) is 4.11. The second-order valence-corrected chi connectivity index (χ2v) is 10.8. The number of halogens is 1. The molecule has 0 aromatic heterocycles. The molecule has 3 aromatic rings. The molecule has 0 spiro atoms. The van der Waals surface area contributed by atoms with Gasteiger partial charge in [-0.05, 0) is 54.9 Å². The number of aliphatic hydroxyl groups excluding tert-OH is 1. The smallest absolute Gasteiger partial charge is 0.257 e. The van der Waals surface area contributed by atoms with Crippen LogP contribution in [-0.4, -0.2) is 53.9 Å². The fourth-order valence-electron chi connectivity index (χ4n) is 4.07. The molecule has 204 valence electrons. The molecule has 9 nitrogen and oxygen atoms in total. The molecule has 1 aliphatic rings. The van der Waals surface area contributed by atoms with Gasteiger partial charge in [-0.2, -0.15) is 14.0 Å². The van der Waals surface area contributed by atoms with Crippen molar-refractivity contribution < 1.29 is 43.5 Å². The Bertz CT molecular complexity index is 1190. The number of aryl methyl sites for hydroxylation is 1. The van der Waals surface area contributed by atoms with Crippen molar-refractivity contribution >= 4 is 23.4 Å². The van der Waals surface area contributed by atoms with Crippen molar-refractivity contribution in [2.45, 2.75) is 29.7 Å². The molecule has 0 aliphatic carbocycles. The van der Waals surface area contributed by atoms with Crippen LogP contribution in [0.5, 0.6) is 5.75 Å². The van der Waals surface area contributed by atoms with Gasteiger partial charge >= 0.3 is 0 Å². The Morgan fingerprint density at radius 3 is 2.29 bits per heavy atom. The molecule has 1 amide bonds. The Labute approximate surface area is 228 Å². The highest BCUT2D eigenvalue weighted by atomic mass is 35.7. The predicted molar refractivity (Wildman–Crippen MR) is 136 cm³/mol. The second-order valence-electron chi connectivity index (χ2n) is 8.84. The summed E-state index contributed by atoms with van der Waals surface area (Å²) in [4.78, 5) is 18.4. The third-order valence-electron chi connectivity index (χ3n) is 5.91. The molecule has 0 bridgehead atoms. The minimum Gasteiger partial charge on any atom is -0.497 e. The number of thioether (sulfide) groups is 1. The first-order chi connectivity index (χ1) is 18.0. The van der Waals surface area contributed by atoms with E-state index < -0.39 is 21.6 Å². The summed E-state index contributed by atoms with van der Waals surface area (Å²) in [5.74, 6) is 0.483. The summed E-state index contributed by atoms with van der Waals surface area (Å²) in [6, 6.07) is 24.0. The van der Waals surface area contributed by atoms with E-state index in [0.717, 1.165) is 34.0 Å². The first kappa shape index (κ1) is 29.9. The molecule has 0 fully saturated rings. The number of amides is 1. The molecule has 0 saturated carbocycles. The number of nitrogens with zero attached hydrogens (tertiary/aromatic N) is 2. The first-order valence-corrected chi connectivity index (χ1v) is 13.9. The normalized spacial score (nSPS) is 17.4. The highest BCUT2D eigenvalue weighted by molar-refractivity contribution is 7.99. The van der Waals surface area contributed by atoms with Crippen molar-refractivity contribution in [3.63, 3.8) is 0 Å². The average Bonchev–Trinajstić information content (AvgIpc) is 2.96. The number of benzene rings is 3. The molecule has 0 unspecified atom stereocenters. The quantitative estimate of drug-likeness (QED) is 0.422. The number of carbonyl (C=O) groups excluding carboxylic acids is 1. The topological polar surface area (TPSA) is 142 Å². The fraction of sp³-hybridized carbons (Fsp3) is 0.296. The summed E-state index contributed by atoms with van der Waals surface area (Å²) in [6.45, 7) is 4.05. The third kappa shape index (κ3) is 8.69. The van der Waals surface area contributed by atoms with Crippen LogP contribution in [-0.2, 0) is 11.3 Å². The zero-order chi connectivity index (χ0) is 27.9. The van der Waals surface area contributed by atoms with Gasteiger partial charge in [0.15, 0.2) is 0 Å². The maximum atomic E-state index is 13.5. The second kappa shape index (κ2) is 13.4.